The molecule has 8 heteroatoms. The molecule has 1 N–H and O–H groups in total. The molecule has 31 heavy (non-hydrogen) atoms. The van der Waals surface area contributed by atoms with Gasteiger partial charge in [0.25, 0.3) is 5.56 Å². The first-order chi connectivity index (χ1) is 15.0. The largest absolute Gasteiger partial charge is 0.497 e. The highest BCUT2D eigenvalue weighted by molar-refractivity contribution is 9.10. The van der Waals surface area contributed by atoms with Crippen LogP contribution < -0.4 is 15.6 Å². The first-order valence-corrected chi connectivity index (χ1v) is 11.2. The number of carbonyl (C=O) groups is 1. The lowest BCUT2D eigenvalue weighted by molar-refractivity contribution is -0.113. The Bertz CT molecular complexity index is 1290. The highest BCUT2D eigenvalue weighted by atomic mass is 79.9. The van der Waals surface area contributed by atoms with Gasteiger partial charge >= 0.3 is 0 Å². The van der Waals surface area contributed by atoms with Crippen molar-refractivity contribution in [3.8, 4) is 11.4 Å². The summed E-state index contributed by atoms with van der Waals surface area (Å²) in [6.45, 7) is 0. The van der Waals surface area contributed by atoms with Crippen LogP contribution in [0.15, 0.2) is 87.2 Å². The minimum Gasteiger partial charge on any atom is -0.497 e. The maximum atomic E-state index is 13.2. The Kier molecular flexibility index (Phi) is 6.39. The number of hydrogen-bond acceptors (Lipinski definition) is 5. The van der Waals surface area contributed by atoms with Gasteiger partial charge in [-0.1, -0.05) is 39.8 Å². The molecule has 6 nitrogen and oxygen atoms in total. The van der Waals surface area contributed by atoms with Gasteiger partial charge in [-0.05, 0) is 60.7 Å². The molecule has 0 spiro atoms. The molecule has 1 heterocycles. The molecule has 1 aromatic heterocycles. The van der Waals surface area contributed by atoms with Gasteiger partial charge in [-0.2, -0.15) is 0 Å². The molecule has 0 radical (unpaired) electrons. The van der Waals surface area contributed by atoms with Gasteiger partial charge in [-0.15, -0.1) is 0 Å². The second kappa shape index (κ2) is 9.36. The number of fused-ring (bicyclic) bond motifs is 1. The van der Waals surface area contributed by atoms with Crippen LogP contribution in [0.4, 0.5) is 5.69 Å². The Balaban J connectivity index is 1.66. The topological polar surface area (TPSA) is 73.2 Å². The summed E-state index contributed by atoms with van der Waals surface area (Å²) in [6.07, 6.45) is 0. The summed E-state index contributed by atoms with van der Waals surface area (Å²) in [6, 6.07) is 21.7. The second-order valence-corrected chi connectivity index (χ2v) is 8.45. The van der Waals surface area contributed by atoms with Gasteiger partial charge in [0.2, 0.25) is 5.91 Å². The van der Waals surface area contributed by atoms with Crippen molar-refractivity contribution in [2.75, 3.05) is 18.2 Å². The molecular formula is C23H18BrN3O3S. The molecule has 4 aromatic rings. The van der Waals surface area contributed by atoms with Crippen molar-refractivity contribution < 1.29 is 9.53 Å². The lowest BCUT2D eigenvalue weighted by Gasteiger charge is -2.13. The zero-order valence-electron chi connectivity index (χ0n) is 16.5. The van der Waals surface area contributed by atoms with Gasteiger partial charge in [-0.25, -0.2) is 4.98 Å². The summed E-state index contributed by atoms with van der Waals surface area (Å²) in [5.74, 6) is 0.612. The van der Waals surface area contributed by atoms with E-state index < -0.39 is 0 Å². The van der Waals surface area contributed by atoms with Crippen LogP contribution in [0.2, 0.25) is 0 Å². The predicted octanol–water partition coefficient (Wildman–Crippen LogP) is 4.89. The van der Waals surface area contributed by atoms with Crippen molar-refractivity contribution in [3.63, 3.8) is 0 Å². The highest BCUT2D eigenvalue weighted by Gasteiger charge is 2.15. The molecule has 4 rings (SSSR count). The third-order valence-corrected chi connectivity index (χ3v) is 6.00. The van der Waals surface area contributed by atoms with Crippen LogP contribution in [-0.4, -0.2) is 28.3 Å². The van der Waals surface area contributed by atoms with E-state index in [0.717, 1.165) is 4.47 Å². The van der Waals surface area contributed by atoms with E-state index in [1.165, 1.54) is 16.3 Å². The van der Waals surface area contributed by atoms with Crippen molar-refractivity contribution in [3.05, 3.63) is 87.6 Å². The number of ether oxygens (including phenoxy) is 1. The number of para-hydroxylation sites is 1. The summed E-state index contributed by atoms with van der Waals surface area (Å²) in [5.41, 5.74) is 1.76. The number of hydrogen-bond donors (Lipinski definition) is 1. The van der Waals surface area contributed by atoms with E-state index in [4.69, 9.17) is 4.74 Å². The van der Waals surface area contributed by atoms with Crippen LogP contribution in [0, 0.1) is 0 Å². The Labute approximate surface area is 191 Å². The fourth-order valence-corrected chi connectivity index (χ4v) is 4.11. The molecule has 156 valence electrons. The summed E-state index contributed by atoms with van der Waals surface area (Å²) in [4.78, 5) is 30.4. The smallest absolute Gasteiger partial charge is 0.266 e. The van der Waals surface area contributed by atoms with E-state index in [9.17, 15) is 9.59 Å². The molecule has 0 saturated heterocycles. The highest BCUT2D eigenvalue weighted by Crippen LogP contribution is 2.23. The van der Waals surface area contributed by atoms with Crippen LogP contribution in [0.3, 0.4) is 0 Å². The lowest BCUT2D eigenvalue weighted by Crippen LogP contribution is -2.23. The quantitative estimate of drug-likeness (QED) is 0.304. The summed E-state index contributed by atoms with van der Waals surface area (Å²) >= 11 is 4.58. The molecular weight excluding hydrogens is 478 g/mol. The number of rotatable bonds is 6. The van der Waals surface area contributed by atoms with Crippen molar-refractivity contribution in [1.82, 2.24) is 9.55 Å². The maximum Gasteiger partial charge on any atom is 0.266 e. The van der Waals surface area contributed by atoms with Gasteiger partial charge in [0.05, 0.1) is 29.5 Å². The number of carbonyl (C=O) groups excluding carboxylic acids is 1. The number of amides is 1. The number of nitrogens with zero attached hydrogens (tertiary/aromatic N) is 2. The number of anilines is 1. The summed E-state index contributed by atoms with van der Waals surface area (Å²) in [5, 5.41) is 3.81. The van der Waals surface area contributed by atoms with E-state index in [-0.39, 0.29) is 17.2 Å². The standard InChI is InChI=1S/C23H18BrN3O3S/c1-30-18-12-10-17(11-13-18)27-22(29)19-4-2-3-5-20(19)26-23(27)31-14-21(28)25-16-8-6-15(24)7-9-16/h2-13H,14H2,1H3,(H,25,28). The Morgan fingerprint density at radius 2 is 1.77 bits per heavy atom. The zero-order valence-corrected chi connectivity index (χ0v) is 18.9. The van der Waals surface area contributed by atoms with Crippen molar-refractivity contribution in [2.45, 2.75) is 5.16 Å². The number of thioether (sulfide) groups is 1. The molecule has 0 aliphatic carbocycles. The average Bonchev–Trinajstić information content (AvgIpc) is 2.79. The number of nitrogens with one attached hydrogen (secondary N) is 1. The van der Waals surface area contributed by atoms with Crippen LogP contribution in [0.25, 0.3) is 16.6 Å². The van der Waals surface area contributed by atoms with Crippen molar-refractivity contribution in [2.24, 2.45) is 0 Å². The van der Waals surface area contributed by atoms with Gasteiger partial charge in [0.15, 0.2) is 5.16 Å². The fourth-order valence-electron chi connectivity index (χ4n) is 3.03. The van der Waals surface area contributed by atoms with Gasteiger partial charge in [-0.3, -0.25) is 14.2 Å². The third-order valence-electron chi connectivity index (χ3n) is 4.54. The van der Waals surface area contributed by atoms with Crippen LogP contribution in [0.5, 0.6) is 5.75 Å². The van der Waals surface area contributed by atoms with E-state index in [1.807, 2.05) is 36.4 Å². The molecule has 0 aliphatic rings. The number of benzene rings is 3. The van der Waals surface area contributed by atoms with Crippen LogP contribution in [0.1, 0.15) is 0 Å². The van der Waals surface area contributed by atoms with Crippen molar-refractivity contribution in [1.29, 1.82) is 0 Å². The Hall–Kier alpha value is -3.10. The minimum atomic E-state index is -0.188. The molecule has 0 saturated carbocycles. The first kappa shape index (κ1) is 21.1. The molecule has 0 bridgehead atoms. The second-order valence-electron chi connectivity index (χ2n) is 6.59. The third kappa shape index (κ3) is 4.81. The number of methoxy groups -OCH3 is 1. The molecule has 0 aliphatic heterocycles. The minimum absolute atomic E-state index is 0.108. The average molecular weight is 496 g/mol. The van der Waals surface area contributed by atoms with Crippen LogP contribution >= 0.6 is 27.7 Å². The van der Waals surface area contributed by atoms with Gasteiger partial charge in [0, 0.05) is 10.2 Å². The molecule has 1 amide bonds. The molecule has 0 unspecified atom stereocenters. The number of aromatic nitrogens is 2. The normalized spacial score (nSPS) is 10.8. The van der Waals surface area contributed by atoms with Gasteiger partial charge in [0.1, 0.15) is 5.75 Å². The fraction of sp³-hybridized carbons (Fsp3) is 0.0870. The molecule has 3 aromatic carbocycles. The van der Waals surface area contributed by atoms with Gasteiger partial charge < -0.3 is 10.1 Å². The predicted molar refractivity (Wildman–Crippen MR) is 127 cm³/mol. The van der Waals surface area contributed by atoms with E-state index in [1.54, 1.807) is 43.5 Å². The number of halogens is 1. The molecule has 0 fully saturated rings. The van der Waals surface area contributed by atoms with E-state index in [0.29, 0.717) is 33.2 Å². The van der Waals surface area contributed by atoms with E-state index in [2.05, 4.69) is 26.2 Å². The first-order valence-electron chi connectivity index (χ1n) is 9.39. The Morgan fingerprint density at radius 3 is 2.48 bits per heavy atom. The maximum absolute atomic E-state index is 13.2. The molecule has 0 atom stereocenters. The monoisotopic (exact) mass is 495 g/mol. The van der Waals surface area contributed by atoms with Crippen molar-refractivity contribution >= 4 is 50.2 Å². The zero-order chi connectivity index (χ0) is 21.8. The van der Waals surface area contributed by atoms with Crippen LogP contribution in [-0.2, 0) is 4.79 Å². The van der Waals surface area contributed by atoms with E-state index >= 15 is 0 Å². The lowest BCUT2D eigenvalue weighted by atomic mass is 10.2. The Morgan fingerprint density at radius 1 is 1.06 bits per heavy atom. The summed E-state index contributed by atoms with van der Waals surface area (Å²) < 4.78 is 7.68. The summed E-state index contributed by atoms with van der Waals surface area (Å²) in [7, 11) is 1.59. The SMILES string of the molecule is COc1ccc(-n2c(SCC(=O)Nc3ccc(Br)cc3)nc3ccccc3c2=O)cc1.